The molecule has 1 heteroatoms. The zero-order valence-electron chi connectivity index (χ0n) is 6.65. The van der Waals surface area contributed by atoms with E-state index in [0.29, 0.717) is 0 Å². The Morgan fingerprint density at radius 3 is 2.11 bits per heavy atom. The molecule has 0 aliphatic rings. The van der Waals surface area contributed by atoms with Gasteiger partial charge in [-0.05, 0) is 13.0 Å². The Kier molecular flexibility index (Phi) is 3.34. The van der Waals surface area contributed by atoms with E-state index in [4.69, 9.17) is 0 Å². The minimum Gasteiger partial charge on any atom is -0.127 e. The lowest BCUT2D eigenvalue weighted by Gasteiger charge is -2.01. The molecule has 0 N–H and O–H groups in total. The van der Waals surface area contributed by atoms with Gasteiger partial charge >= 0.3 is 0 Å². The first kappa shape index (κ1) is 8.52. The van der Waals surface area contributed by atoms with Gasteiger partial charge in [0.2, 0.25) is 0 Å². The molecule has 0 amide bonds. The molecule has 0 bridgehead atoms. The Morgan fingerprint density at radius 1 is 1.22 bits per heavy atom. The first-order chi connectivity index (χ1) is 4.06. The Labute approximate surface area is 59.0 Å². The number of rotatable bonds is 0. The second kappa shape index (κ2) is 3.52. The number of hydrogen-bond acceptors (Lipinski definition) is 0. The van der Waals surface area contributed by atoms with E-state index in [1.54, 1.807) is 0 Å². The van der Waals surface area contributed by atoms with Crippen LogP contribution in [0.5, 0.6) is 0 Å². The highest BCUT2D eigenvalue weighted by atomic mass is 28.3. The quantitative estimate of drug-likeness (QED) is 0.356. The molecular formula is C8H14Si. The maximum atomic E-state index is 3.22. The minimum atomic E-state index is -1.11. The molecular weight excluding hydrogens is 124 g/mol. The number of allylic oxidation sites excluding steroid dienone is 2. The highest BCUT2D eigenvalue weighted by molar-refractivity contribution is 6.83. The van der Waals surface area contributed by atoms with Crippen molar-refractivity contribution < 1.29 is 0 Å². The van der Waals surface area contributed by atoms with Gasteiger partial charge in [0.15, 0.2) is 0 Å². The molecule has 0 aliphatic heterocycles. The van der Waals surface area contributed by atoms with Gasteiger partial charge in [0.25, 0.3) is 0 Å². The van der Waals surface area contributed by atoms with Crippen molar-refractivity contribution in [2.75, 3.05) is 0 Å². The normalized spacial score (nSPS) is 11.1. The van der Waals surface area contributed by atoms with E-state index in [2.05, 4.69) is 31.1 Å². The van der Waals surface area contributed by atoms with Crippen molar-refractivity contribution in [1.29, 1.82) is 0 Å². The molecule has 0 fully saturated rings. The summed E-state index contributed by atoms with van der Waals surface area (Å²) in [5, 5.41) is 0. The molecule has 0 nitrogen and oxygen atoms in total. The maximum absolute atomic E-state index is 3.22. The minimum absolute atomic E-state index is 1.11. The average Bonchev–Trinajstić information content (AvgIpc) is 1.63. The van der Waals surface area contributed by atoms with Crippen LogP contribution in [-0.2, 0) is 0 Å². The SMILES string of the molecule is C/C=C/C#C[Si](C)(C)C. The Hall–Kier alpha value is -0.483. The van der Waals surface area contributed by atoms with E-state index in [0.717, 1.165) is 0 Å². The molecule has 50 valence electrons. The van der Waals surface area contributed by atoms with E-state index in [-0.39, 0.29) is 0 Å². The average molecular weight is 138 g/mol. The Morgan fingerprint density at radius 2 is 1.78 bits per heavy atom. The molecule has 0 spiro atoms. The topological polar surface area (TPSA) is 0 Å². The third-order valence-corrected chi connectivity index (χ3v) is 1.59. The van der Waals surface area contributed by atoms with Gasteiger partial charge in [-0.2, -0.15) is 0 Å². The van der Waals surface area contributed by atoms with Gasteiger partial charge in [0, 0.05) is 0 Å². The molecule has 0 heterocycles. The van der Waals surface area contributed by atoms with Gasteiger partial charge in [-0.15, -0.1) is 5.54 Å². The van der Waals surface area contributed by atoms with Crippen molar-refractivity contribution in [3.8, 4) is 11.5 Å². The maximum Gasteiger partial charge on any atom is 0.129 e. The molecule has 0 saturated heterocycles. The van der Waals surface area contributed by atoms with Crippen molar-refractivity contribution in [3.63, 3.8) is 0 Å². The molecule has 0 atom stereocenters. The van der Waals surface area contributed by atoms with Crippen molar-refractivity contribution in [2.45, 2.75) is 26.6 Å². The Balaban J connectivity index is 3.88. The highest BCUT2D eigenvalue weighted by Gasteiger charge is 2.06. The van der Waals surface area contributed by atoms with E-state index < -0.39 is 8.07 Å². The van der Waals surface area contributed by atoms with Gasteiger partial charge in [0.1, 0.15) is 8.07 Å². The summed E-state index contributed by atoms with van der Waals surface area (Å²) in [6.07, 6.45) is 3.87. The summed E-state index contributed by atoms with van der Waals surface area (Å²) >= 11 is 0. The van der Waals surface area contributed by atoms with Gasteiger partial charge in [-0.25, -0.2) is 0 Å². The van der Waals surface area contributed by atoms with Crippen LogP contribution in [0.4, 0.5) is 0 Å². The van der Waals surface area contributed by atoms with Crippen LogP contribution < -0.4 is 0 Å². The van der Waals surface area contributed by atoms with Crippen LogP contribution >= 0.6 is 0 Å². The highest BCUT2D eigenvalue weighted by Crippen LogP contribution is 1.95. The molecule has 0 aliphatic carbocycles. The van der Waals surface area contributed by atoms with Crippen LogP contribution in [0, 0.1) is 11.5 Å². The lowest BCUT2D eigenvalue weighted by Crippen LogP contribution is -2.16. The molecule has 0 saturated carbocycles. The van der Waals surface area contributed by atoms with E-state index in [1.165, 1.54) is 0 Å². The smallest absolute Gasteiger partial charge is 0.127 e. The molecule has 0 aromatic rings. The fourth-order valence-electron chi connectivity index (χ4n) is 0.342. The summed E-state index contributed by atoms with van der Waals surface area (Å²) in [4.78, 5) is 0. The summed E-state index contributed by atoms with van der Waals surface area (Å²) in [7, 11) is -1.11. The van der Waals surface area contributed by atoms with Gasteiger partial charge < -0.3 is 0 Å². The fourth-order valence-corrected chi connectivity index (χ4v) is 0.858. The standard InChI is InChI=1S/C8H14Si/c1-5-6-7-8-9(2,3)4/h5-6H,1-4H3/b6-5+. The van der Waals surface area contributed by atoms with Crippen LogP contribution in [0.2, 0.25) is 19.6 Å². The van der Waals surface area contributed by atoms with Gasteiger partial charge in [0.05, 0.1) is 0 Å². The summed E-state index contributed by atoms with van der Waals surface area (Å²) in [6, 6.07) is 0. The molecule has 0 radical (unpaired) electrons. The third kappa shape index (κ3) is 7.52. The van der Waals surface area contributed by atoms with Gasteiger partial charge in [-0.3, -0.25) is 0 Å². The van der Waals surface area contributed by atoms with Crippen LogP contribution in [0.1, 0.15) is 6.92 Å². The van der Waals surface area contributed by atoms with Gasteiger partial charge in [-0.1, -0.05) is 31.6 Å². The zero-order chi connectivity index (χ0) is 7.33. The van der Waals surface area contributed by atoms with Crippen molar-refractivity contribution in [1.82, 2.24) is 0 Å². The second-order valence-corrected chi connectivity index (χ2v) is 7.77. The Bertz CT molecular complexity index is 150. The predicted molar refractivity (Wildman–Crippen MR) is 45.9 cm³/mol. The lowest BCUT2D eigenvalue weighted by molar-refractivity contribution is 1.76. The summed E-state index contributed by atoms with van der Waals surface area (Å²) in [5.74, 6) is 3.01. The molecule has 0 unspecified atom stereocenters. The molecule has 0 aromatic carbocycles. The van der Waals surface area contributed by atoms with Crippen molar-refractivity contribution in [2.24, 2.45) is 0 Å². The lowest BCUT2D eigenvalue weighted by atomic mass is 10.6. The van der Waals surface area contributed by atoms with E-state index >= 15 is 0 Å². The van der Waals surface area contributed by atoms with Crippen LogP contribution in [0.25, 0.3) is 0 Å². The molecule has 0 rings (SSSR count). The van der Waals surface area contributed by atoms with E-state index in [9.17, 15) is 0 Å². The number of hydrogen-bond donors (Lipinski definition) is 0. The first-order valence-electron chi connectivity index (χ1n) is 3.20. The van der Waals surface area contributed by atoms with E-state index in [1.807, 2.05) is 19.1 Å². The molecule has 9 heavy (non-hydrogen) atoms. The summed E-state index contributed by atoms with van der Waals surface area (Å²) in [6.45, 7) is 8.70. The predicted octanol–water partition coefficient (Wildman–Crippen LogP) is 2.44. The molecule has 0 aromatic heterocycles. The first-order valence-corrected chi connectivity index (χ1v) is 6.70. The third-order valence-electron chi connectivity index (χ3n) is 0.697. The summed E-state index contributed by atoms with van der Waals surface area (Å²) in [5.41, 5.74) is 3.22. The monoisotopic (exact) mass is 138 g/mol. The summed E-state index contributed by atoms with van der Waals surface area (Å²) < 4.78 is 0. The largest absolute Gasteiger partial charge is 0.129 e. The van der Waals surface area contributed by atoms with Crippen LogP contribution in [-0.4, -0.2) is 8.07 Å². The van der Waals surface area contributed by atoms with Crippen molar-refractivity contribution in [3.05, 3.63) is 12.2 Å². The second-order valence-electron chi connectivity index (χ2n) is 3.02. The van der Waals surface area contributed by atoms with Crippen LogP contribution in [0.15, 0.2) is 12.2 Å². The van der Waals surface area contributed by atoms with Crippen molar-refractivity contribution >= 4 is 8.07 Å². The fraction of sp³-hybridized carbons (Fsp3) is 0.500. The zero-order valence-corrected chi connectivity index (χ0v) is 7.65. The van der Waals surface area contributed by atoms with Crippen LogP contribution in [0.3, 0.4) is 0 Å².